The molecule has 1 rings (SSSR count). The Bertz CT molecular complexity index is 110. The van der Waals surface area contributed by atoms with Crippen LogP contribution >= 0.6 is 0 Å². The summed E-state index contributed by atoms with van der Waals surface area (Å²) in [4.78, 5) is 0. The summed E-state index contributed by atoms with van der Waals surface area (Å²) in [6.45, 7) is 7.08. The molecule has 1 aliphatic rings. The Morgan fingerprint density at radius 3 is 2.45 bits per heavy atom. The van der Waals surface area contributed by atoms with Gasteiger partial charge in [0.25, 0.3) is 0 Å². The van der Waals surface area contributed by atoms with Crippen molar-refractivity contribution in [3.63, 3.8) is 0 Å². The van der Waals surface area contributed by atoms with E-state index in [1.54, 1.807) is 0 Å². The van der Waals surface area contributed by atoms with Gasteiger partial charge in [-0.3, -0.25) is 0 Å². The smallest absolute Gasteiger partial charge is 0.0913 e. The van der Waals surface area contributed by atoms with Crippen LogP contribution < -0.4 is 11.1 Å². The van der Waals surface area contributed by atoms with E-state index in [9.17, 15) is 0 Å². The van der Waals surface area contributed by atoms with Crippen molar-refractivity contribution in [3.8, 4) is 0 Å². The molecule has 0 aromatic carbocycles. The van der Waals surface area contributed by atoms with Crippen molar-refractivity contribution in [2.24, 2.45) is 5.73 Å². The molecule has 0 aromatic heterocycles. The number of hydrogen-bond donors (Lipinski definition) is 2. The lowest BCUT2D eigenvalue weighted by atomic mass is 10.1. The molecule has 11 heavy (non-hydrogen) atoms. The zero-order valence-corrected chi connectivity index (χ0v) is 7.47. The number of quaternary nitrogens is 1. The van der Waals surface area contributed by atoms with E-state index in [0.717, 1.165) is 13.1 Å². The van der Waals surface area contributed by atoms with Crippen LogP contribution in [0.25, 0.3) is 0 Å². The molecule has 1 aliphatic heterocycles. The van der Waals surface area contributed by atoms with E-state index >= 15 is 0 Å². The van der Waals surface area contributed by atoms with E-state index in [0.29, 0.717) is 0 Å². The molecule has 0 spiro atoms. The summed E-state index contributed by atoms with van der Waals surface area (Å²) in [5.74, 6) is 0. The molecular weight excluding hydrogens is 138 g/mol. The van der Waals surface area contributed by atoms with Crippen molar-refractivity contribution in [1.82, 2.24) is 5.32 Å². The minimum atomic E-state index is 0.837. The molecule has 0 aliphatic carbocycles. The molecule has 3 nitrogen and oxygen atoms in total. The van der Waals surface area contributed by atoms with Crippen LogP contribution in [0.1, 0.15) is 6.42 Å². The molecule has 3 heteroatoms. The topological polar surface area (TPSA) is 38.0 Å². The van der Waals surface area contributed by atoms with Gasteiger partial charge in [0.1, 0.15) is 0 Å². The maximum absolute atomic E-state index is 5.56. The van der Waals surface area contributed by atoms with Crippen LogP contribution in [0.2, 0.25) is 0 Å². The van der Waals surface area contributed by atoms with Gasteiger partial charge in [-0.25, -0.2) is 0 Å². The minimum absolute atomic E-state index is 0.837. The van der Waals surface area contributed by atoms with Crippen molar-refractivity contribution in [2.75, 3.05) is 46.3 Å². The van der Waals surface area contributed by atoms with Crippen LogP contribution in [0.5, 0.6) is 0 Å². The standard InChI is InChI=1S/C8H20N3/c1-10-4-8-11(7-3-9)5-2-6-11/h10H,2-9H2,1H3/q+1. The second-order valence-corrected chi connectivity index (χ2v) is 3.48. The fraction of sp³-hybridized carbons (Fsp3) is 1.00. The van der Waals surface area contributed by atoms with Crippen molar-refractivity contribution >= 4 is 0 Å². The van der Waals surface area contributed by atoms with Gasteiger partial charge in [0.05, 0.1) is 26.2 Å². The van der Waals surface area contributed by atoms with Crippen molar-refractivity contribution in [2.45, 2.75) is 6.42 Å². The van der Waals surface area contributed by atoms with Crippen molar-refractivity contribution in [3.05, 3.63) is 0 Å². The predicted octanol–water partition coefficient (Wildman–Crippen LogP) is -0.615. The second-order valence-electron chi connectivity index (χ2n) is 3.48. The van der Waals surface area contributed by atoms with Gasteiger partial charge in [0, 0.05) is 19.5 Å². The Kier molecular flexibility index (Phi) is 3.30. The van der Waals surface area contributed by atoms with Gasteiger partial charge in [0.2, 0.25) is 0 Å². The molecule has 0 amide bonds. The van der Waals surface area contributed by atoms with Crippen LogP contribution in [0.4, 0.5) is 0 Å². The van der Waals surface area contributed by atoms with E-state index in [4.69, 9.17) is 5.73 Å². The molecule has 66 valence electrons. The molecule has 0 saturated carbocycles. The molecule has 1 saturated heterocycles. The molecule has 1 fully saturated rings. The van der Waals surface area contributed by atoms with Crippen LogP contribution in [0.15, 0.2) is 0 Å². The van der Waals surface area contributed by atoms with E-state index in [1.807, 2.05) is 7.05 Å². The summed E-state index contributed by atoms with van der Waals surface area (Å²) in [5.41, 5.74) is 5.56. The predicted molar refractivity (Wildman–Crippen MR) is 47.3 cm³/mol. The Labute approximate surface area is 69.1 Å². The average Bonchev–Trinajstić information content (AvgIpc) is 1.95. The number of likely N-dealkylation sites (N-methyl/N-ethyl adjacent to an activating group) is 1. The number of nitrogens with zero attached hydrogens (tertiary/aromatic N) is 1. The lowest BCUT2D eigenvalue weighted by molar-refractivity contribution is -0.961. The highest BCUT2D eigenvalue weighted by Crippen LogP contribution is 2.17. The van der Waals surface area contributed by atoms with Crippen molar-refractivity contribution in [1.29, 1.82) is 0 Å². The number of hydrogen-bond acceptors (Lipinski definition) is 2. The van der Waals surface area contributed by atoms with E-state index in [-0.39, 0.29) is 0 Å². The summed E-state index contributed by atoms with van der Waals surface area (Å²) in [5, 5.41) is 3.19. The normalized spacial score (nSPS) is 21.3. The summed E-state index contributed by atoms with van der Waals surface area (Å²) in [6, 6.07) is 0. The quantitative estimate of drug-likeness (QED) is 0.524. The lowest BCUT2D eigenvalue weighted by Crippen LogP contribution is -2.61. The number of likely N-dealkylation sites (tertiary alicyclic amines) is 1. The van der Waals surface area contributed by atoms with Gasteiger partial charge in [0.15, 0.2) is 0 Å². The maximum atomic E-state index is 5.56. The monoisotopic (exact) mass is 158 g/mol. The third-order valence-corrected chi connectivity index (χ3v) is 2.70. The van der Waals surface area contributed by atoms with E-state index in [1.165, 1.54) is 37.1 Å². The largest absolute Gasteiger partial charge is 0.326 e. The Balaban J connectivity index is 2.22. The SMILES string of the molecule is CNCC[N+]1(CCN)CCC1. The first kappa shape index (κ1) is 8.97. The average molecular weight is 158 g/mol. The third kappa shape index (κ3) is 2.15. The zero-order valence-electron chi connectivity index (χ0n) is 7.47. The van der Waals surface area contributed by atoms with Crippen LogP contribution in [-0.4, -0.2) is 50.8 Å². The van der Waals surface area contributed by atoms with Crippen LogP contribution in [-0.2, 0) is 0 Å². The summed E-state index contributed by atoms with van der Waals surface area (Å²) >= 11 is 0. The first-order valence-corrected chi connectivity index (χ1v) is 4.53. The Hall–Kier alpha value is -0.120. The van der Waals surface area contributed by atoms with Crippen LogP contribution in [0.3, 0.4) is 0 Å². The molecule has 3 N–H and O–H groups in total. The van der Waals surface area contributed by atoms with Crippen molar-refractivity contribution < 1.29 is 4.48 Å². The highest BCUT2D eigenvalue weighted by Gasteiger charge is 2.33. The first-order chi connectivity index (χ1) is 5.33. The molecule has 0 aromatic rings. The van der Waals surface area contributed by atoms with E-state index in [2.05, 4.69) is 5.32 Å². The van der Waals surface area contributed by atoms with Gasteiger partial charge in [-0.15, -0.1) is 0 Å². The third-order valence-electron chi connectivity index (χ3n) is 2.70. The molecule has 0 bridgehead atoms. The molecular formula is C8H20N3+. The lowest BCUT2D eigenvalue weighted by Gasteiger charge is -2.45. The fourth-order valence-electron chi connectivity index (χ4n) is 1.79. The number of nitrogens with one attached hydrogen (secondary N) is 1. The van der Waals surface area contributed by atoms with E-state index < -0.39 is 0 Å². The summed E-state index contributed by atoms with van der Waals surface area (Å²) in [6.07, 6.45) is 1.39. The Morgan fingerprint density at radius 2 is 2.09 bits per heavy atom. The first-order valence-electron chi connectivity index (χ1n) is 4.53. The van der Waals surface area contributed by atoms with Gasteiger partial charge < -0.3 is 15.5 Å². The van der Waals surface area contributed by atoms with Crippen LogP contribution in [0, 0.1) is 0 Å². The van der Waals surface area contributed by atoms with Gasteiger partial charge in [-0.2, -0.15) is 0 Å². The van der Waals surface area contributed by atoms with Gasteiger partial charge in [-0.1, -0.05) is 0 Å². The second kappa shape index (κ2) is 4.04. The fourth-order valence-corrected chi connectivity index (χ4v) is 1.79. The molecule has 0 radical (unpaired) electrons. The Morgan fingerprint density at radius 1 is 1.36 bits per heavy atom. The molecule has 0 atom stereocenters. The van der Waals surface area contributed by atoms with Gasteiger partial charge >= 0.3 is 0 Å². The zero-order chi connectivity index (χ0) is 8.16. The van der Waals surface area contributed by atoms with Gasteiger partial charge in [-0.05, 0) is 7.05 Å². The maximum Gasteiger partial charge on any atom is 0.0913 e. The molecule has 0 unspecified atom stereocenters. The molecule has 1 heterocycles. The highest BCUT2D eigenvalue weighted by atomic mass is 15.4. The number of nitrogens with two attached hydrogens (primary N) is 1. The number of rotatable bonds is 5. The highest BCUT2D eigenvalue weighted by molar-refractivity contribution is 4.57. The summed E-state index contributed by atoms with van der Waals surface area (Å²) < 4.78 is 1.26. The minimum Gasteiger partial charge on any atom is -0.326 e. The summed E-state index contributed by atoms with van der Waals surface area (Å²) in [7, 11) is 2.01.